The standard InChI is InChI=1S/C13H18N2O2/c1-9(11-5-3-4-8-14-11)15-13(2,12(16)17)10-6-7-10/h3-5,8-10,15H,6-7H2,1-2H3,(H,16,17). The third-order valence-electron chi connectivity index (χ3n) is 3.49. The van der Waals surface area contributed by atoms with E-state index in [-0.39, 0.29) is 12.0 Å². The van der Waals surface area contributed by atoms with Crippen molar-refractivity contribution in [1.29, 1.82) is 0 Å². The summed E-state index contributed by atoms with van der Waals surface area (Å²) in [7, 11) is 0. The monoisotopic (exact) mass is 234 g/mol. The molecular weight excluding hydrogens is 216 g/mol. The van der Waals surface area contributed by atoms with E-state index in [1.807, 2.05) is 25.1 Å². The molecule has 0 radical (unpaired) electrons. The fourth-order valence-electron chi connectivity index (χ4n) is 2.17. The summed E-state index contributed by atoms with van der Waals surface area (Å²) >= 11 is 0. The Kier molecular flexibility index (Phi) is 3.15. The lowest BCUT2D eigenvalue weighted by Crippen LogP contribution is -2.52. The summed E-state index contributed by atoms with van der Waals surface area (Å²) in [6.07, 6.45) is 3.71. The van der Waals surface area contributed by atoms with Gasteiger partial charge in [-0.1, -0.05) is 6.07 Å². The molecule has 1 saturated carbocycles. The van der Waals surface area contributed by atoms with Crippen LogP contribution in [0.25, 0.3) is 0 Å². The molecule has 0 saturated heterocycles. The van der Waals surface area contributed by atoms with Crippen molar-refractivity contribution in [2.75, 3.05) is 0 Å². The van der Waals surface area contributed by atoms with Crippen molar-refractivity contribution in [1.82, 2.24) is 10.3 Å². The van der Waals surface area contributed by atoms with Gasteiger partial charge in [0.2, 0.25) is 0 Å². The maximum absolute atomic E-state index is 11.4. The largest absolute Gasteiger partial charge is 0.480 e. The van der Waals surface area contributed by atoms with Gasteiger partial charge in [0.05, 0.1) is 5.69 Å². The Morgan fingerprint density at radius 2 is 2.29 bits per heavy atom. The molecule has 4 nitrogen and oxygen atoms in total. The lowest BCUT2D eigenvalue weighted by atomic mass is 9.94. The van der Waals surface area contributed by atoms with Gasteiger partial charge >= 0.3 is 5.97 Å². The Balaban J connectivity index is 2.11. The third-order valence-corrected chi connectivity index (χ3v) is 3.49. The van der Waals surface area contributed by atoms with Crippen molar-refractivity contribution in [3.63, 3.8) is 0 Å². The van der Waals surface area contributed by atoms with Gasteiger partial charge < -0.3 is 5.11 Å². The van der Waals surface area contributed by atoms with Gasteiger partial charge in [-0.15, -0.1) is 0 Å². The van der Waals surface area contributed by atoms with Gasteiger partial charge in [0.1, 0.15) is 5.54 Å². The van der Waals surface area contributed by atoms with Crippen molar-refractivity contribution in [2.24, 2.45) is 5.92 Å². The molecule has 0 amide bonds. The number of pyridine rings is 1. The molecule has 2 atom stereocenters. The van der Waals surface area contributed by atoms with E-state index in [2.05, 4.69) is 10.3 Å². The van der Waals surface area contributed by atoms with Crippen LogP contribution in [0.5, 0.6) is 0 Å². The number of carboxylic acids is 1. The van der Waals surface area contributed by atoms with Crippen LogP contribution in [-0.2, 0) is 4.79 Å². The van der Waals surface area contributed by atoms with Crippen LogP contribution in [0, 0.1) is 5.92 Å². The number of aliphatic carboxylic acids is 1. The van der Waals surface area contributed by atoms with Crippen molar-refractivity contribution in [3.8, 4) is 0 Å². The molecule has 2 rings (SSSR count). The van der Waals surface area contributed by atoms with Gasteiger partial charge in [-0.2, -0.15) is 0 Å². The fraction of sp³-hybridized carbons (Fsp3) is 0.538. The Labute approximate surface area is 101 Å². The fourth-order valence-corrected chi connectivity index (χ4v) is 2.17. The van der Waals surface area contributed by atoms with Crippen LogP contribution in [-0.4, -0.2) is 21.6 Å². The minimum Gasteiger partial charge on any atom is -0.480 e. The molecule has 17 heavy (non-hydrogen) atoms. The highest BCUT2D eigenvalue weighted by Crippen LogP contribution is 2.40. The molecule has 1 fully saturated rings. The maximum Gasteiger partial charge on any atom is 0.323 e. The van der Waals surface area contributed by atoms with Gasteiger partial charge in [-0.3, -0.25) is 15.1 Å². The zero-order valence-corrected chi connectivity index (χ0v) is 10.2. The lowest BCUT2D eigenvalue weighted by Gasteiger charge is -2.29. The highest BCUT2D eigenvalue weighted by molar-refractivity contribution is 5.79. The van der Waals surface area contributed by atoms with Crippen molar-refractivity contribution in [3.05, 3.63) is 30.1 Å². The number of rotatable bonds is 5. The van der Waals surface area contributed by atoms with E-state index in [1.54, 1.807) is 13.1 Å². The van der Waals surface area contributed by atoms with Crippen molar-refractivity contribution >= 4 is 5.97 Å². The SMILES string of the molecule is CC(NC(C)(C(=O)O)C1CC1)c1ccccn1. The molecule has 0 spiro atoms. The second-order valence-electron chi connectivity index (χ2n) is 4.90. The third kappa shape index (κ3) is 2.47. The minimum absolute atomic E-state index is 0.0575. The summed E-state index contributed by atoms with van der Waals surface area (Å²) < 4.78 is 0. The summed E-state index contributed by atoms with van der Waals surface area (Å²) in [6, 6.07) is 5.62. The summed E-state index contributed by atoms with van der Waals surface area (Å²) in [5.74, 6) is -0.533. The molecular formula is C13H18N2O2. The molecule has 1 aliphatic carbocycles. The van der Waals surface area contributed by atoms with Gasteiger partial charge in [-0.05, 0) is 44.7 Å². The number of carbonyl (C=O) groups is 1. The quantitative estimate of drug-likeness (QED) is 0.817. The van der Waals surface area contributed by atoms with Gasteiger partial charge in [0.15, 0.2) is 0 Å². The lowest BCUT2D eigenvalue weighted by molar-refractivity contribution is -0.145. The number of hydrogen-bond acceptors (Lipinski definition) is 3. The van der Waals surface area contributed by atoms with E-state index in [0.29, 0.717) is 0 Å². The normalized spacial score (nSPS) is 20.6. The van der Waals surface area contributed by atoms with E-state index in [4.69, 9.17) is 0 Å². The maximum atomic E-state index is 11.4. The number of hydrogen-bond donors (Lipinski definition) is 2. The second kappa shape index (κ2) is 4.45. The topological polar surface area (TPSA) is 62.2 Å². The van der Waals surface area contributed by atoms with E-state index >= 15 is 0 Å². The predicted molar refractivity (Wildman–Crippen MR) is 64.6 cm³/mol. The Hall–Kier alpha value is -1.42. The highest BCUT2D eigenvalue weighted by Gasteiger charge is 2.48. The predicted octanol–water partition coefficient (Wildman–Crippen LogP) is 1.99. The summed E-state index contributed by atoms with van der Waals surface area (Å²) in [5.41, 5.74) is 0.0392. The number of carboxylic acid groups (broad SMARTS) is 1. The molecule has 2 unspecified atom stereocenters. The molecule has 0 aromatic carbocycles. The Morgan fingerprint density at radius 3 is 2.76 bits per heavy atom. The molecule has 4 heteroatoms. The summed E-state index contributed by atoms with van der Waals surface area (Å²) in [5, 5.41) is 12.6. The van der Waals surface area contributed by atoms with E-state index < -0.39 is 11.5 Å². The minimum atomic E-state index is -0.836. The first-order valence-electron chi connectivity index (χ1n) is 5.96. The van der Waals surface area contributed by atoms with E-state index in [9.17, 15) is 9.90 Å². The second-order valence-corrected chi connectivity index (χ2v) is 4.90. The van der Waals surface area contributed by atoms with Crippen molar-refractivity contribution in [2.45, 2.75) is 38.3 Å². The first-order valence-corrected chi connectivity index (χ1v) is 5.96. The molecule has 0 aliphatic heterocycles. The van der Waals surface area contributed by atoms with Crippen LogP contribution in [0.1, 0.15) is 38.4 Å². The summed E-state index contributed by atoms with van der Waals surface area (Å²) in [6.45, 7) is 3.72. The molecule has 2 N–H and O–H groups in total. The molecule has 0 bridgehead atoms. The number of nitrogens with one attached hydrogen (secondary N) is 1. The van der Waals surface area contributed by atoms with Crippen molar-refractivity contribution < 1.29 is 9.90 Å². The smallest absolute Gasteiger partial charge is 0.323 e. The van der Waals surface area contributed by atoms with Gasteiger partial charge in [0, 0.05) is 12.2 Å². The molecule has 1 aliphatic rings. The van der Waals surface area contributed by atoms with Crippen LogP contribution in [0.15, 0.2) is 24.4 Å². The highest BCUT2D eigenvalue weighted by atomic mass is 16.4. The Morgan fingerprint density at radius 1 is 1.59 bits per heavy atom. The van der Waals surface area contributed by atoms with Crippen LogP contribution in [0.3, 0.4) is 0 Å². The zero-order chi connectivity index (χ0) is 12.5. The molecule has 92 valence electrons. The van der Waals surface area contributed by atoms with Crippen LogP contribution in [0.4, 0.5) is 0 Å². The average Bonchev–Trinajstić information content (AvgIpc) is 3.13. The number of aromatic nitrogens is 1. The van der Waals surface area contributed by atoms with Crippen LogP contribution < -0.4 is 5.32 Å². The van der Waals surface area contributed by atoms with E-state index in [1.165, 1.54) is 0 Å². The average molecular weight is 234 g/mol. The first-order chi connectivity index (χ1) is 8.04. The van der Waals surface area contributed by atoms with Gasteiger partial charge in [0.25, 0.3) is 0 Å². The van der Waals surface area contributed by atoms with E-state index in [0.717, 1.165) is 18.5 Å². The zero-order valence-electron chi connectivity index (χ0n) is 10.2. The van der Waals surface area contributed by atoms with Gasteiger partial charge in [-0.25, -0.2) is 0 Å². The van der Waals surface area contributed by atoms with Crippen LogP contribution >= 0.6 is 0 Å². The number of nitrogens with zero attached hydrogens (tertiary/aromatic N) is 1. The molecule has 1 heterocycles. The first kappa shape index (κ1) is 12.0. The Bertz CT molecular complexity index is 403. The molecule has 1 aromatic heterocycles. The van der Waals surface area contributed by atoms with Crippen LogP contribution in [0.2, 0.25) is 0 Å². The molecule has 1 aromatic rings. The summed E-state index contributed by atoms with van der Waals surface area (Å²) in [4.78, 5) is 15.6.